The maximum atomic E-state index is 8.67. The first-order valence-corrected chi connectivity index (χ1v) is 6.94. The first-order chi connectivity index (χ1) is 9.26. The zero-order valence-electron chi connectivity index (χ0n) is 11.2. The zero-order chi connectivity index (χ0) is 13.2. The van der Waals surface area contributed by atoms with Gasteiger partial charge in [-0.25, -0.2) is 9.97 Å². The maximum Gasteiger partial charge on any atom is 0.158 e. The van der Waals surface area contributed by atoms with Crippen LogP contribution in [0.3, 0.4) is 0 Å². The summed E-state index contributed by atoms with van der Waals surface area (Å²) in [5, 5.41) is 12.0. The fourth-order valence-corrected chi connectivity index (χ4v) is 3.42. The molecule has 2 atom stereocenters. The average molecular weight is 257 g/mol. The van der Waals surface area contributed by atoms with Crippen LogP contribution >= 0.6 is 0 Å². The summed E-state index contributed by atoms with van der Waals surface area (Å²) in [6, 6.07) is 3.53. The monoisotopic (exact) mass is 257 g/mol. The van der Waals surface area contributed by atoms with Crippen LogP contribution in [0, 0.1) is 17.2 Å². The number of rotatable bonds is 3. The van der Waals surface area contributed by atoms with Crippen molar-refractivity contribution in [1.82, 2.24) is 14.9 Å². The molecule has 2 aliphatic heterocycles. The summed E-state index contributed by atoms with van der Waals surface area (Å²) < 4.78 is 0. The van der Waals surface area contributed by atoms with Gasteiger partial charge in [0.05, 0.1) is 12.4 Å². The molecule has 0 aliphatic carbocycles. The molecular formula is C14H19N5. The molecular weight excluding hydrogens is 238 g/mol. The highest BCUT2D eigenvalue weighted by molar-refractivity contribution is 5.33. The fraction of sp³-hybridized carbons (Fsp3) is 0.643. The van der Waals surface area contributed by atoms with Gasteiger partial charge < -0.3 is 10.2 Å². The topological polar surface area (TPSA) is 64.8 Å². The van der Waals surface area contributed by atoms with Gasteiger partial charge in [-0.15, -0.1) is 0 Å². The Morgan fingerprint density at radius 3 is 2.63 bits per heavy atom. The molecule has 0 spiro atoms. The van der Waals surface area contributed by atoms with Crippen molar-refractivity contribution in [3.63, 3.8) is 0 Å². The minimum Gasteiger partial charge on any atom is -0.369 e. The number of nitrogens with one attached hydrogen (secondary N) is 1. The van der Waals surface area contributed by atoms with Gasteiger partial charge >= 0.3 is 0 Å². The lowest BCUT2D eigenvalue weighted by Crippen LogP contribution is -2.41. The van der Waals surface area contributed by atoms with Gasteiger partial charge in [0, 0.05) is 18.6 Å². The van der Waals surface area contributed by atoms with Crippen LogP contribution in [-0.4, -0.2) is 40.5 Å². The number of fused-ring (bicyclic) bond motifs is 2. The standard InChI is InChI=1S/C14H19N5/c1-19-12-2-3-13(19)5-10(4-12)7-17-14-9-16-11(6-15)8-18-14/h8-10,12-13H,2-5,7H2,1H3,(H,17,18). The van der Waals surface area contributed by atoms with Gasteiger partial charge in [-0.3, -0.25) is 0 Å². The van der Waals surface area contributed by atoms with E-state index in [2.05, 4.69) is 27.2 Å². The van der Waals surface area contributed by atoms with Crippen LogP contribution in [0.15, 0.2) is 12.4 Å². The molecule has 1 aromatic heterocycles. The lowest BCUT2D eigenvalue weighted by molar-refractivity contribution is 0.139. The van der Waals surface area contributed by atoms with Crippen LogP contribution in [-0.2, 0) is 0 Å². The van der Waals surface area contributed by atoms with Crippen molar-refractivity contribution < 1.29 is 0 Å². The molecule has 1 aromatic rings. The molecule has 2 fully saturated rings. The third kappa shape index (κ3) is 2.54. The predicted octanol–water partition coefficient (Wildman–Crippen LogP) is 1.63. The van der Waals surface area contributed by atoms with E-state index in [1.807, 2.05) is 6.07 Å². The van der Waals surface area contributed by atoms with E-state index >= 15 is 0 Å². The molecule has 5 heteroatoms. The number of aromatic nitrogens is 2. The van der Waals surface area contributed by atoms with E-state index in [1.54, 1.807) is 6.20 Å². The highest BCUT2D eigenvalue weighted by atomic mass is 15.2. The third-order valence-electron chi connectivity index (χ3n) is 4.53. The Morgan fingerprint density at radius 1 is 1.32 bits per heavy atom. The lowest BCUT2D eigenvalue weighted by Gasteiger charge is -2.36. The second-order valence-corrected chi connectivity index (χ2v) is 5.67. The van der Waals surface area contributed by atoms with Crippen LogP contribution in [0.2, 0.25) is 0 Å². The Bertz CT molecular complexity index is 464. The first kappa shape index (κ1) is 12.4. The second-order valence-electron chi connectivity index (χ2n) is 5.67. The fourth-order valence-electron chi connectivity index (χ4n) is 3.42. The smallest absolute Gasteiger partial charge is 0.158 e. The van der Waals surface area contributed by atoms with E-state index < -0.39 is 0 Å². The number of anilines is 1. The van der Waals surface area contributed by atoms with E-state index in [0.717, 1.165) is 30.4 Å². The summed E-state index contributed by atoms with van der Waals surface area (Å²) in [6.45, 7) is 0.960. The molecule has 0 amide bonds. The number of hydrogen-bond donors (Lipinski definition) is 1. The van der Waals surface area contributed by atoms with Crippen LogP contribution in [0.4, 0.5) is 5.82 Å². The Balaban J connectivity index is 1.54. The summed E-state index contributed by atoms with van der Waals surface area (Å²) in [5.74, 6) is 1.50. The van der Waals surface area contributed by atoms with Crippen LogP contribution in [0.5, 0.6) is 0 Å². The minimum absolute atomic E-state index is 0.364. The van der Waals surface area contributed by atoms with Gasteiger partial charge in [0.1, 0.15) is 11.9 Å². The zero-order valence-corrected chi connectivity index (χ0v) is 11.2. The molecule has 0 radical (unpaired) electrons. The molecule has 0 saturated carbocycles. The second kappa shape index (κ2) is 5.14. The molecule has 3 heterocycles. The minimum atomic E-state index is 0.364. The van der Waals surface area contributed by atoms with Gasteiger partial charge in [-0.05, 0) is 38.6 Å². The van der Waals surface area contributed by atoms with Crippen LogP contribution in [0.25, 0.3) is 0 Å². The van der Waals surface area contributed by atoms with Gasteiger partial charge in [0.25, 0.3) is 0 Å². The van der Waals surface area contributed by atoms with E-state index in [9.17, 15) is 0 Å². The Hall–Kier alpha value is -1.67. The van der Waals surface area contributed by atoms with Crippen molar-refractivity contribution in [3.8, 4) is 6.07 Å². The van der Waals surface area contributed by atoms with Gasteiger partial charge in [0.15, 0.2) is 5.69 Å². The van der Waals surface area contributed by atoms with Crippen LogP contribution < -0.4 is 5.32 Å². The lowest BCUT2D eigenvalue weighted by atomic mass is 9.91. The average Bonchev–Trinajstić information content (AvgIpc) is 2.68. The molecule has 2 bridgehead atoms. The third-order valence-corrected chi connectivity index (χ3v) is 4.53. The van der Waals surface area contributed by atoms with Crippen molar-refractivity contribution in [3.05, 3.63) is 18.1 Å². The molecule has 2 unspecified atom stereocenters. The first-order valence-electron chi connectivity index (χ1n) is 6.94. The number of hydrogen-bond acceptors (Lipinski definition) is 5. The van der Waals surface area contributed by atoms with E-state index in [0.29, 0.717) is 5.69 Å². The Morgan fingerprint density at radius 2 is 2.05 bits per heavy atom. The molecule has 100 valence electrons. The van der Waals surface area contributed by atoms with Crippen molar-refractivity contribution >= 4 is 5.82 Å². The summed E-state index contributed by atoms with van der Waals surface area (Å²) >= 11 is 0. The predicted molar refractivity (Wildman–Crippen MR) is 72.5 cm³/mol. The molecule has 3 rings (SSSR count). The highest BCUT2D eigenvalue weighted by Gasteiger charge is 2.38. The van der Waals surface area contributed by atoms with Gasteiger partial charge in [-0.1, -0.05) is 0 Å². The van der Waals surface area contributed by atoms with E-state index in [4.69, 9.17) is 5.26 Å². The maximum absolute atomic E-state index is 8.67. The molecule has 1 N–H and O–H groups in total. The summed E-state index contributed by atoms with van der Waals surface area (Å²) in [5.41, 5.74) is 0.364. The summed E-state index contributed by atoms with van der Waals surface area (Å²) in [6.07, 6.45) is 8.43. The number of nitrogens with zero attached hydrogens (tertiary/aromatic N) is 4. The highest BCUT2D eigenvalue weighted by Crippen LogP contribution is 2.37. The molecule has 0 aromatic carbocycles. The van der Waals surface area contributed by atoms with E-state index in [1.165, 1.54) is 31.9 Å². The van der Waals surface area contributed by atoms with Crippen molar-refractivity contribution in [2.45, 2.75) is 37.8 Å². The normalized spacial score (nSPS) is 30.0. The summed E-state index contributed by atoms with van der Waals surface area (Å²) in [7, 11) is 2.26. The molecule has 2 aliphatic rings. The van der Waals surface area contributed by atoms with Crippen molar-refractivity contribution in [1.29, 1.82) is 5.26 Å². The van der Waals surface area contributed by atoms with Crippen molar-refractivity contribution in [2.24, 2.45) is 5.92 Å². The number of piperidine rings is 1. The largest absolute Gasteiger partial charge is 0.369 e. The van der Waals surface area contributed by atoms with Crippen LogP contribution in [0.1, 0.15) is 31.4 Å². The van der Waals surface area contributed by atoms with Gasteiger partial charge in [0.2, 0.25) is 0 Å². The molecule has 2 saturated heterocycles. The quantitative estimate of drug-likeness (QED) is 0.891. The summed E-state index contributed by atoms with van der Waals surface area (Å²) in [4.78, 5) is 10.8. The number of nitriles is 1. The van der Waals surface area contributed by atoms with Crippen molar-refractivity contribution in [2.75, 3.05) is 18.9 Å². The van der Waals surface area contributed by atoms with Gasteiger partial charge in [-0.2, -0.15) is 5.26 Å². The Labute approximate surface area is 113 Å². The molecule has 19 heavy (non-hydrogen) atoms. The SMILES string of the molecule is CN1C2CCC1CC(CNc1cnc(C#N)cn1)C2. The Kier molecular flexibility index (Phi) is 3.34. The molecule has 5 nitrogen and oxygen atoms in total. The van der Waals surface area contributed by atoms with E-state index in [-0.39, 0.29) is 0 Å².